The highest BCUT2D eigenvalue weighted by Crippen LogP contribution is 2.37. The van der Waals surface area contributed by atoms with Crippen LogP contribution in [-0.4, -0.2) is 62.2 Å². The first-order chi connectivity index (χ1) is 22.4. The molecule has 1 aromatic carbocycles. The van der Waals surface area contributed by atoms with Gasteiger partial charge in [0.2, 0.25) is 11.8 Å². The maximum atomic E-state index is 13.7. The van der Waals surface area contributed by atoms with Gasteiger partial charge in [-0.25, -0.2) is 23.4 Å². The minimum absolute atomic E-state index is 0.0358. The van der Waals surface area contributed by atoms with Gasteiger partial charge in [0.25, 0.3) is 0 Å². The zero-order chi connectivity index (χ0) is 35.7. The molecule has 2 aromatic heterocycles. The fourth-order valence-electron chi connectivity index (χ4n) is 4.98. The molecule has 0 fully saturated rings. The van der Waals surface area contributed by atoms with Gasteiger partial charge in [-0.3, -0.25) is 0 Å². The number of rotatable bonds is 17. The minimum Gasteiger partial charge on any atom is -0.489 e. The van der Waals surface area contributed by atoms with Crippen LogP contribution in [0.1, 0.15) is 62.4 Å². The van der Waals surface area contributed by atoms with Crippen molar-refractivity contribution in [2.45, 2.75) is 65.5 Å². The van der Waals surface area contributed by atoms with E-state index in [0.717, 1.165) is 25.5 Å². The zero-order valence-electron chi connectivity index (χ0n) is 27.5. The van der Waals surface area contributed by atoms with Gasteiger partial charge in [0, 0.05) is 32.0 Å². The monoisotopic (exact) mass is 705 g/mol. The molecule has 0 aliphatic rings. The molecule has 0 aliphatic carbocycles. The lowest BCUT2D eigenvalue weighted by molar-refractivity contribution is -0.143. The van der Waals surface area contributed by atoms with Crippen molar-refractivity contribution in [3.8, 4) is 11.6 Å². The molecule has 16 heteroatoms. The average molecular weight is 706 g/mol. The third kappa shape index (κ3) is 11.7. The number of pyridine rings is 1. The molecule has 266 valence electrons. The molecule has 0 aliphatic heterocycles. The van der Waals surface area contributed by atoms with E-state index >= 15 is 0 Å². The van der Waals surface area contributed by atoms with Gasteiger partial charge in [-0.15, -0.1) is 0 Å². The quantitative estimate of drug-likeness (QED) is 0.135. The highest BCUT2D eigenvalue weighted by atomic mass is 32.2. The number of methoxy groups -OCH3 is 1. The number of halogens is 6. The van der Waals surface area contributed by atoms with E-state index in [4.69, 9.17) is 9.47 Å². The molecule has 9 nitrogen and oxygen atoms in total. The lowest BCUT2D eigenvalue weighted by Crippen LogP contribution is -2.31. The number of benzene rings is 1. The van der Waals surface area contributed by atoms with E-state index in [-0.39, 0.29) is 48.1 Å². The van der Waals surface area contributed by atoms with Gasteiger partial charge in [0.1, 0.15) is 6.61 Å². The van der Waals surface area contributed by atoms with Crippen molar-refractivity contribution in [2.75, 3.05) is 48.6 Å². The molecule has 0 saturated carbocycles. The average Bonchev–Trinajstić information content (AvgIpc) is 3.01. The number of hydrogen-bond donors (Lipinski definition) is 0. The molecule has 0 bridgehead atoms. The summed E-state index contributed by atoms with van der Waals surface area (Å²) in [5.74, 6) is 0.427. The van der Waals surface area contributed by atoms with Crippen LogP contribution in [0.5, 0.6) is 11.6 Å². The number of anilines is 2. The molecule has 48 heavy (non-hydrogen) atoms. The maximum Gasteiger partial charge on any atom is 0.416 e. The Kier molecular flexibility index (Phi) is 13.3. The van der Waals surface area contributed by atoms with Crippen LogP contribution < -0.4 is 19.3 Å². The summed E-state index contributed by atoms with van der Waals surface area (Å²) in [6.07, 6.45) is -3.40. The van der Waals surface area contributed by atoms with E-state index < -0.39 is 39.9 Å². The van der Waals surface area contributed by atoms with Crippen LogP contribution >= 0.6 is 0 Å². The van der Waals surface area contributed by atoms with Gasteiger partial charge in [-0.05, 0) is 49.1 Å². The number of ether oxygens (including phenoxy) is 2. The largest absolute Gasteiger partial charge is 0.489 e. The molecule has 0 spiro atoms. The van der Waals surface area contributed by atoms with Crippen LogP contribution in [0.2, 0.25) is 0 Å². The van der Waals surface area contributed by atoms with Crippen LogP contribution in [0, 0.1) is 5.92 Å². The van der Waals surface area contributed by atoms with E-state index in [1.165, 1.54) is 24.4 Å². The zero-order valence-corrected chi connectivity index (χ0v) is 28.3. The second-order valence-corrected chi connectivity index (χ2v) is 13.8. The summed E-state index contributed by atoms with van der Waals surface area (Å²) < 4.78 is 116. The second kappa shape index (κ2) is 16.5. The van der Waals surface area contributed by atoms with Crippen LogP contribution in [-0.2, 0) is 35.3 Å². The Balaban J connectivity index is 2.09. The van der Waals surface area contributed by atoms with Crippen LogP contribution in [0.4, 0.5) is 38.0 Å². The van der Waals surface area contributed by atoms with Crippen LogP contribution in [0.15, 0.2) is 42.7 Å². The molecule has 1 unspecified atom stereocenters. The molecular formula is C32H41F6N5O4S. The SMILES string of the molecule is CCCCC(C)CN(CC)c1ccc(OC)nc1CN(Cc1cc(C(F)(F)F)cc(C(F)(F)F)c1)c1ncc(OCCS(C)(=O)=O)cn1. The Morgan fingerprint density at radius 1 is 0.917 bits per heavy atom. The number of nitrogens with zero attached hydrogens (tertiary/aromatic N) is 5. The summed E-state index contributed by atoms with van der Waals surface area (Å²) in [7, 11) is -1.87. The molecular weight excluding hydrogens is 664 g/mol. The Hall–Kier alpha value is -3.82. The van der Waals surface area contributed by atoms with Crippen molar-refractivity contribution in [3.05, 3.63) is 65.1 Å². The van der Waals surface area contributed by atoms with Gasteiger partial charge >= 0.3 is 12.4 Å². The third-order valence-corrected chi connectivity index (χ3v) is 8.33. The fraction of sp³-hybridized carbons (Fsp3) is 0.531. The van der Waals surface area contributed by atoms with Crippen molar-refractivity contribution in [1.29, 1.82) is 0 Å². The van der Waals surface area contributed by atoms with E-state index in [2.05, 4.69) is 33.7 Å². The van der Waals surface area contributed by atoms with Crippen molar-refractivity contribution >= 4 is 21.5 Å². The molecule has 3 rings (SSSR count). The molecule has 2 heterocycles. The van der Waals surface area contributed by atoms with Crippen molar-refractivity contribution in [1.82, 2.24) is 15.0 Å². The minimum atomic E-state index is -5.03. The summed E-state index contributed by atoms with van der Waals surface area (Å²) >= 11 is 0. The normalized spacial score (nSPS) is 12.9. The summed E-state index contributed by atoms with van der Waals surface area (Å²) in [6.45, 7) is 6.80. The maximum absolute atomic E-state index is 13.7. The predicted octanol–water partition coefficient (Wildman–Crippen LogP) is 7.20. The molecule has 0 N–H and O–H groups in total. The van der Waals surface area contributed by atoms with Gasteiger partial charge < -0.3 is 19.3 Å². The molecule has 3 aromatic rings. The first kappa shape index (κ1) is 38.6. The topological polar surface area (TPSA) is 97.7 Å². The highest BCUT2D eigenvalue weighted by molar-refractivity contribution is 7.90. The number of aromatic nitrogens is 3. The Morgan fingerprint density at radius 3 is 2.06 bits per heavy atom. The van der Waals surface area contributed by atoms with Crippen molar-refractivity contribution in [3.63, 3.8) is 0 Å². The summed E-state index contributed by atoms with van der Waals surface area (Å²) in [5.41, 5.74) is -2.01. The van der Waals surface area contributed by atoms with E-state index in [1.54, 1.807) is 6.07 Å². The summed E-state index contributed by atoms with van der Waals surface area (Å²) in [4.78, 5) is 16.7. The standard InChI is InChI=1S/C32H41F6N5O4S/c1-6-8-9-22(3)19-42(7-2)28-10-11-29(46-4)41-27(28)21-43(30-39-17-26(18-40-30)47-12-13-48(5,44)45)20-23-14-24(31(33,34)35)16-25(15-23)32(36,37)38/h10-11,14-18,22H,6-9,12-13,19-21H2,1-5H3. The second-order valence-electron chi connectivity index (χ2n) is 11.6. The van der Waals surface area contributed by atoms with Gasteiger partial charge in [-0.2, -0.15) is 26.3 Å². The molecule has 0 amide bonds. The summed E-state index contributed by atoms with van der Waals surface area (Å²) in [6, 6.07) is 4.91. The first-order valence-electron chi connectivity index (χ1n) is 15.4. The van der Waals surface area contributed by atoms with Gasteiger partial charge in [0.15, 0.2) is 15.6 Å². The number of alkyl halides is 6. The lowest BCUT2D eigenvalue weighted by atomic mass is 10.0. The fourth-order valence-corrected chi connectivity index (χ4v) is 5.36. The molecule has 1 atom stereocenters. The highest BCUT2D eigenvalue weighted by Gasteiger charge is 2.37. The predicted molar refractivity (Wildman–Crippen MR) is 171 cm³/mol. The Bertz CT molecular complexity index is 1560. The molecule has 0 radical (unpaired) electrons. The van der Waals surface area contributed by atoms with Crippen LogP contribution in [0.3, 0.4) is 0 Å². The summed E-state index contributed by atoms with van der Waals surface area (Å²) in [5, 5.41) is 0. The Morgan fingerprint density at radius 2 is 1.54 bits per heavy atom. The number of hydrogen-bond acceptors (Lipinski definition) is 9. The lowest BCUT2D eigenvalue weighted by Gasteiger charge is -2.30. The number of sulfone groups is 1. The number of unbranched alkanes of at least 4 members (excludes halogenated alkanes) is 1. The van der Waals surface area contributed by atoms with E-state index in [9.17, 15) is 34.8 Å². The molecule has 0 saturated heterocycles. The smallest absolute Gasteiger partial charge is 0.416 e. The van der Waals surface area contributed by atoms with Crippen molar-refractivity contribution in [2.24, 2.45) is 5.92 Å². The van der Waals surface area contributed by atoms with Gasteiger partial charge in [-0.1, -0.05) is 26.7 Å². The first-order valence-corrected chi connectivity index (χ1v) is 17.4. The van der Waals surface area contributed by atoms with Crippen molar-refractivity contribution < 1.29 is 44.2 Å². The van der Waals surface area contributed by atoms with Crippen LogP contribution in [0.25, 0.3) is 0 Å². The van der Waals surface area contributed by atoms with Gasteiger partial charge in [0.05, 0.1) is 54.3 Å². The van der Waals surface area contributed by atoms with E-state index in [1.807, 2.05) is 13.0 Å². The van der Waals surface area contributed by atoms with E-state index in [0.29, 0.717) is 42.5 Å². The third-order valence-electron chi connectivity index (χ3n) is 7.42. The Labute approximate surface area is 277 Å².